The SMILES string of the molecule is O=C(O)c1ccc2cccc(-c3ccnc(Cl)c3)c2c1. The van der Waals surface area contributed by atoms with Crippen molar-refractivity contribution in [2.24, 2.45) is 0 Å². The van der Waals surface area contributed by atoms with Crippen LogP contribution in [0.4, 0.5) is 0 Å². The molecule has 0 aliphatic carbocycles. The number of carboxylic acid groups (broad SMARTS) is 1. The van der Waals surface area contributed by atoms with Gasteiger partial charge < -0.3 is 5.11 Å². The number of pyridine rings is 1. The number of nitrogens with zero attached hydrogens (tertiary/aromatic N) is 1. The molecule has 3 nitrogen and oxygen atoms in total. The average molecular weight is 284 g/mol. The van der Waals surface area contributed by atoms with Crippen LogP contribution < -0.4 is 0 Å². The lowest BCUT2D eigenvalue weighted by atomic mass is 9.97. The summed E-state index contributed by atoms with van der Waals surface area (Å²) < 4.78 is 0. The Hall–Kier alpha value is -2.39. The van der Waals surface area contributed by atoms with Crippen molar-refractivity contribution in [1.29, 1.82) is 0 Å². The Balaban J connectivity index is 2.29. The number of rotatable bonds is 2. The third-order valence-corrected chi connectivity index (χ3v) is 3.37. The summed E-state index contributed by atoms with van der Waals surface area (Å²) in [5, 5.41) is 11.4. The van der Waals surface area contributed by atoms with Gasteiger partial charge in [0.05, 0.1) is 5.56 Å². The maximum atomic E-state index is 11.1. The molecule has 2 aromatic carbocycles. The van der Waals surface area contributed by atoms with Crippen LogP contribution in [0.3, 0.4) is 0 Å². The Morgan fingerprint density at radius 3 is 2.70 bits per heavy atom. The van der Waals surface area contributed by atoms with E-state index >= 15 is 0 Å². The molecule has 0 saturated heterocycles. The second kappa shape index (κ2) is 4.94. The number of halogens is 1. The Labute approximate surface area is 120 Å². The van der Waals surface area contributed by atoms with E-state index in [0.717, 1.165) is 21.9 Å². The summed E-state index contributed by atoms with van der Waals surface area (Å²) in [7, 11) is 0. The molecule has 1 N–H and O–H groups in total. The van der Waals surface area contributed by atoms with Gasteiger partial charge >= 0.3 is 5.97 Å². The first-order chi connectivity index (χ1) is 9.65. The van der Waals surface area contributed by atoms with Gasteiger partial charge in [-0.05, 0) is 46.2 Å². The Kier molecular flexibility index (Phi) is 3.12. The van der Waals surface area contributed by atoms with Crippen molar-refractivity contribution < 1.29 is 9.90 Å². The van der Waals surface area contributed by atoms with Crippen molar-refractivity contribution in [3.8, 4) is 11.1 Å². The van der Waals surface area contributed by atoms with Gasteiger partial charge in [-0.1, -0.05) is 35.9 Å². The molecule has 0 spiro atoms. The van der Waals surface area contributed by atoms with Crippen molar-refractivity contribution in [3.63, 3.8) is 0 Å². The predicted octanol–water partition coefficient (Wildman–Crippen LogP) is 4.25. The van der Waals surface area contributed by atoms with Crippen LogP contribution in [-0.4, -0.2) is 16.1 Å². The van der Waals surface area contributed by atoms with E-state index in [1.165, 1.54) is 0 Å². The van der Waals surface area contributed by atoms with Crippen molar-refractivity contribution >= 4 is 28.3 Å². The molecule has 0 fully saturated rings. The number of hydrogen-bond donors (Lipinski definition) is 1. The molecule has 0 bridgehead atoms. The molecule has 1 heterocycles. The Bertz CT molecular complexity index is 814. The molecule has 0 saturated carbocycles. The first-order valence-corrected chi connectivity index (χ1v) is 6.41. The highest BCUT2D eigenvalue weighted by molar-refractivity contribution is 6.29. The van der Waals surface area contributed by atoms with E-state index in [1.807, 2.05) is 30.3 Å². The van der Waals surface area contributed by atoms with Crippen molar-refractivity contribution in [3.05, 3.63) is 65.4 Å². The first kappa shape index (κ1) is 12.6. The minimum atomic E-state index is -0.936. The molecule has 3 aromatic rings. The molecule has 3 rings (SSSR count). The van der Waals surface area contributed by atoms with Crippen molar-refractivity contribution in [2.45, 2.75) is 0 Å². The van der Waals surface area contributed by atoms with Gasteiger partial charge in [-0.25, -0.2) is 9.78 Å². The van der Waals surface area contributed by atoms with Crippen molar-refractivity contribution in [1.82, 2.24) is 4.98 Å². The second-order valence-electron chi connectivity index (χ2n) is 4.41. The number of carboxylic acids is 1. The number of aromatic carboxylic acids is 1. The molecule has 0 unspecified atom stereocenters. The van der Waals surface area contributed by atoms with Crippen LogP contribution in [0.15, 0.2) is 54.7 Å². The molecule has 1 aromatic heterocycles. The van der Waals surface area contributed by atoms with Gasteiger partial charge in [0, 0.05) is 6.20 Å². The number of carbonyl (C=O) groups is 1. The average Bonchev–Trinajstić information content (AvgIpc) is 2.46. The molecule has 0 aliphatic rings. The lowest BCUT2D eigenvalue weighted by molar-refractivity contribution is 0.0697. The highest BCUT2D eigenvalue weighted by atomic mass is 35.5. The van der Waals surface area contributed by atoms with Gasteiger partial charge in [-0.2, -0.15) is 0 Å². The molecule has 4 heteroatoms. The third kappa shape index (κ3) is 2.24. The Morgan fingerprint density at radius 2 is 1.95 bits per heavy atom. The fourth-order valence-electron chi connectivity index (χ4n) is 2.23. The molecule has 0 aliphatic heterocycles. The molecule has 20 heavy (non-hydrogen) atoms. The monoisotopic (exact) mass is 283 g/mol. The summed E-state index contributed by atoms with van der Waals surface area (Å²) in [6.45, 7) is 0. The van der Waals surface area contributed by atoms with E-state index in [1.54, 1.807) is 24.4 Å². The highest BCUT2D eigenvalue weighted by Gasteiger charge is 2.08. The lowest BCUT2D eigenvalue weighted by Gasteiger charge is -2.08. The van der Waals surface area contributed by atoms with Gasteiger partial charge in [0.25, 0.3) is 0 Å². The van der Waals surface area contributed by atoms with Gasteiger partial charge in [-0.3, -0.25) is 0 Å². The smallest absolute Gasteiger partial charge is 0.335 e. The quantitative estimate of drug-likeness (QED) is 0.715. The molecular formula is C16H10ClNO2. The summed E-state index contributed by atoms with van der Waals surface area (Å²) in [6, 6.07) is 14.6. The second-order valence-corrected chi connectivity index (χ2v) is 4.80. The Morgan fingerprint density at radius 1 is 1.10 bits per heavy atom. The van der Waals surface area contributed by atoms with E-state index in [9.17, 15) is 4.79 Å². The number of aromatic nitrogens is 1. The van der Waals surface area contributed by atoms with Gasteiger partial charge in [0.2, 0.25) is 0 Å². The van der Waals surface area contributed by atoms with E-state index < -0.39 is 5.97 Å². The minimum absolute atomic E-state index is 0.269. The minimum Gasteiger partial charge on any atom is -0.478 e. The number of hydrogen-bond acceptors (Lipinski definition) is 2. The van der Waals surface area contributed by atoms with Crippen LogP contribution in [-0.2, 0) is 0 Å². The van der Waals surface area contributed by atoms with Crippen LogP contribution in [0, 0.1) is 0 Å². The molecular weight excluding hydrogens is 274 g/mol. The topological polar surface area (TPSA) is 50.2 Å². The van der Waals surface area contributed by atoms with E-state index in [2.05, 4.69) is 4.98 Å². The van der Waals surface area contributed by atoms with Crippen LogP contribution in [0.1, 0.15) is 10.4 Å². The highest BCUT2D eigenvalue weighted by Crippen LogP contribution is 2.30. The van der Waals surface area contributed by atoms with Crippen LogP contribution in [0.25, 0.3) is 21.9 Å². The van der Waals surface area contributed by atoms with E-state index in [4.69, 9.17) is 16.7 Å². The van der Waals surface area contributed by atoms with Crippen LogP contribution >= 0.6 is 11.6 Å². The number of benzene rings is 2. The van der Waals surface area contributed by atoms with E-state index in [0.29, 0.717) is 5.15 Å². The summed E-state index contributed by atoms with van der Waals surface area (Å²) in [5.74, 6) is -0.936. The normalized spacial score (nSPS) is 10.7. The molecule has 0 radical (unpaired) electrons. The zero-order chi connectivity index (χ0) is 14.1. The number of fused-ring (bicyclic) bond motifs is 1. The van der Waals surface area contributed by atoms with Gasteiger partial charge in [0.1, 0.15) is 5.15 Å². The first-order valence-electron chi connectivity index (χ1n) is 6.03. The van der Waals surface area contributed by atoms with E-state index in [-0.39, 0.29) is 5.56 Å². The maximum Gasteiger partial charge on any atom is 0.335 e. The van der Waals surface area contributed by atoms with Crippen molar-refractivity contribution in [2.75, 3.05) is 0 Å². The fourth-order valence-corrected chi connectivity index (χ4v) is 2.40. The summed E-state index contributed by atoms with van der Waals surface area (Å²) in [5.41, 5.74) is 2.12. The van der Waals surface area contributed by atoms with Crippen LogP contribution in [0.2, 0.25) is 5.15 Å². The fraction of sp³-hybridized carbons (Fsp3) is 0. The molecule has 0 amide bonds. The zero-order valence-corrected chi connectivity index (χ0v) is 11.1. The predicted molar refractivity (Wildman–Crippen MR) is 79.1 cm³/mol. The largest absolute Gasteiger partial charge is 0.478 e. The van der Waals surface area contributed by atoms with Gasteiger partial charge in [0.15, 0.2) is 0 Å². The maximum absolute atomic E-state index is 11.1. The summed E-state index contributed by atoms with van der Waals surface area (Å²) >= 11 is 5.92. The third-order valence-electron chi connectivity index (χ3n) is 3.17. The van der Waals surface area contributed by atoms with Gasteiger partial charge in [-0.15, -0.1) is 0 Å². The molecule has 98 valence electrons. The summed E-state index contributed by atoms with van der Waals surface area (Å²) in [4.78, 5) is 15.1. The zero-order valence-electron chi connectivity index (χ0n) is 10.4. The molecule has 0 atom stereocenters. The van der Waals surface area contributed by atoms with Crippen LogP contribution in [0.5, 0.6) is 0 Å². The lowest BCUT2D eigenvalue weighted by Crippen LogP contribution is -1.95. The standard InChI is InChI=1S/C16H10ClNO2/c17-15-9-11(6-7-18-15)13-3-1-2-10-4-5-12(16(19)20)8-14(10)13/h1-9H,(H,19,20). The summed E-state index contributed by atoms with van der Waals surface area (Å²) in [6.07, 6.45) is 1.64.